The number of ether oxygens (including phenoxy) is 1. The molecule has 114 valence electrons. The fraction of sp³-hybridized carbons (Fsp3) is 1.00. The third-order valence-electron chi connectivity index (χ3n) is 3.42. The summed E-state index contributed by atoms with van der Waals surface area (Å²) >= 11 is 0. The number of nitrogens with zero attached hydrogens (tertiary/aromatic N) is 1. The lowest BCUT2D eigenvalue weighted by atomic mass is 10.00. The van der Waals surface area contributed by atoms with Crippen LogP contribution in [0, 0.1) is 5.92 Å². The largest absolute Gasteiger partial charge is 0.381 e. The van der Waals surface area contributed by atoms with E-state index < -0.39 is 10.0 Å². The second kappa shape index (κ2) is 8.89. The van der Waals surface area contributed by atoms with Gasteiger partial charge in [0.1, 0.15) is 0 Å². The first kappa shape index (κ1) is 16.9. The molecule has 19 heavy (non-hydrogen) atoms. The fourth-order valence-corrected chi connectivity index (χ4v) is 3.80. The summed E-state index contributed by atoms with van der Waals surface area (Å²) in [5, 5.41) is 3.38. The van der Waals surface area contributed by atoms with Crippen LogP contribution >= 0.6 is 0 Å². The number of hydrogen-bond donors (Lipinski definition) is 1. The van der Waals surface area contributed by atoms with Gasteiger partial charge < -0.3 is 10.1 Å². The van der Waals surface area contributed by atoms with Gasteiger partial charge in [-0.25, -0.2) is 12.7 Å². The number of piperidine rings is 1. The van der Waals surface area contributed by atoms with Gasteiger partial charge >= 0.3 is 0 Å². The lowest BCUT2D eigenvalue weighted by molar-refractivity contribution is 0.161. The van der Waals surface area contributed by atoms with E-state index in [4.69, 9.17) is 4.74 Å². The van der Waals surface area contributed by atoms with Crippen LogP contribution in [0.4, 0.5) is 0 Å². The van der Waals surface area contributed by atoms with Crippen molar-refractivity contribution in [3.8, 4) is 0 Å². The molecule has 1 aliphatic heterocycles. The molecule has 1 rings (SSSR count). The molecule has 0 aromatic rings. The Morgan fingerprint density at radius 3 is 2.84 bits per heavy atom. The standard InChI is InChI=1S/C13H28N2O3S/c1-3-7-14-11-13-6-5-8-15(12-13)19(16,17)10-9-18-4-2/h13-14H,3-12H2,1-2H3. The molecule has 0 radical (unpaired) electrons. The molecule has 1 fully saturated rings. The Morgan fingerprint density at radius 2 is 2.16 bits per heavy atom. The third kappa shape index (κ3) is 6.21. The van der Waals surface area contributed by atoms with E-state index in [0.717, 1.165) is 32.4 Å². The van der Waals surface area contributed by atoms with Crippen LogP contribution in [-0.4, -0.2) is 57.9 Å². The van der Waals surface area contributed by atoms with Crippen LogP contribution in [-0.2, 0) is 14.8 Å². The molecular formula is C13H28N2O3S. The summed E-state index contributed by atoms with van der Waals surface area (Å²) in [5.41, 5.74) is 0. The number of sulfonamides is 1. The minimum atomic E-state index is -3.14. The van der Waals surface area contributed by atoms with Crippen molar-refractivity contribution in [2.24, 2.45) is 5.92 Å². The zero-order valence-corrected chi connectivity index (χ0v) is 13.0. The van der Waals surface area contributed by atoms with Gasteiger partial charge in [-0.15, -0.1) is 0 Å². The molecule has 1 atom stereocenters. The molecule has 1 aliphatic rings. The van der Waals surface area contributed by atoms with E-state index in [-0.39, 0.29) is 5.75 Å². The SMILES string of the molecule is CCCNCC1CCCN(S(=O)(=O)CCOCC)C1. The first-order valence-electron chi connectivity index (χ1n) is 7.36. The van der Waals surface area contributed by atoms with E-state index in [1.807, 2.05) is 6.92 Å². The van der Waals surface area contributed by atoms with Gasteiger partial charge in [-0.05, 0) is 45.2 Å². The van der Waals surface area contributed by atoms with Crippen molar-refractivity contribution in [1.82, 2.24) is 9.62 Å². The summed E-state index contributed by atoms with van der Waals surface area (Å²) in [6.07, 6.45) is 3.20. The normalized spacial score (nSPS) is 21.7. The molecular weight excluding hydrogens is 264 g/mol. The maximum atomic E-state index is 12.2. The maximum absolute atomic E-state index is 12.2. The average molecular weight is 292 g/mol. The topological polar surface area (TPSA) is 58.6 Å². The Hall–Kier alpha value is -0.170. The van der Waals surface area contributed by atoms with E-state index in [2.05, 4.69) is 12.2 Å². The van der Waals surface area contributed by atoms with Gasteiger partial charge in [-0.3, -0.25) is 0 Å². The highest BCUT2D eigenvalue weighted by Crippen LogP contribution is 2.18. The third-order valence-corrected chi connectivity index (χ3v) is 5.23. The molecule has 1 heterocycles. The molecule has 1 N–H and O–H groups in total. The van der Waals surface area contributed by atoms with E-state index in [9.17, 15) is 8.42 Å². The second-order valence-corrected chi connectivity index (χ2v) is 7.17. The van der Waals surface area contributed by atoms with E-state index >= 15 is 0 Å². The van der Waals surface area contributed by atoms with Gasteiger partial charge in [0.05, 0.1) is 12.4 Å². The Kier molecular flexibility index (Phi) is 7.90. The summed E-state index contributed by atoms with van der Waals surface area (Å²) in [6, 6.07) is 0. The smallest absolute Gasteiger partial charge is 0.216 e. The molecule has 0 saturated carbocycles. The summed E-state index contributed by atoms with van der Waals surface area (Å²) < 4.78 is 31.1. The van der Waals surface area contributed by atoms with Crippen LogP contribution in [0.25, 0.3) is 0 Å². The van der Waals surface area contributed by atoms with Crippen molar-refractivity contribution in [3.63, 3.8) is 0 Å². The quantitative estimate of drug-likeness (QED) is 0.646. The highest BCUT2D eigenvalue weighted by atomic mass is 32.2. The summed E-state index contributed by atoms with van der Waals surface area (Å²) in [4.78, 5) is 0. The minimum absolute atomic E-state index is 0.107. The average Bonchev–Trinajstić information content (AvgIpc) is 2.40. The fourth-order valence-electron chi connectivity index (χ4n) is 2.37. The van der Waals surface area contributed by atoms with Crippen molar-refractivity contribution < 1.29 is 13.2 Å². The van der Waals surface area contributed by atoms with E-state index in [1.165, 1.54) is 0 Å². The Labute approximate surface area is 117 Å². The molecule has 1 saturated heterocycles. The first-order chi connectivity index (χ1) is 9.10. The lowest BCUT2D eigenvalue weighted by Gasteiger charge is -2.32. The van der Waals surface area contributed by atoms with E-state index in [0.29, 0.717) is 32.2 Å². The summed E-state index contributed by atoms with van der Waals surface area (Å²) in [7, 11) is -3.14. The summed E-state index contributed by atoms with van der Waals surface area (Å²) in [5.74, 6) is 0.554. The van der Waals surface area contributed by atoms with Crippen LogP contribution in [0.5, 0.6) is 0 Å². The zero-order valence-electron chi connectivity index (χ0n) is 12.2. The zero-order chi connectivity index (χ0) is 14.1. The molecule has 0 aromatic heterocycles. The van der Waals surface area contributed by atoms with Crippen LogP contribution in [0.2, 0.25) is 0 Å². The van der Waals surface area contributed by atoms with Gasteiger partial charge in [0.15, 0.2) is 0 Å². The minimum Gasteiger partial charge on any atom is -0.381 e. The Balaban J connectivity index is 2.39. The Bertz CT molecular complexity index is 333. The molecule has 0 aliphatic carbocycles. The van der Waals surface area contributed by atoms with Crippen LogP contribution in [0.1, 0.15) is 33.1 Å². The second-order valence-electron chi connectivity index (χ2n) is 5.08. The molecule has 6 heteroatoms. The molecule has 0 aromatic carbocycles. The van der Waals surface area contributed by atoms with Crippen molar-refractivity contribution in [3.05, 3.63) is 0 Å². The highest BCUT2D eigenvalue weighted by molar-refractivity contribution is 7.89. The molecule has 0 spiro atoms. The Morgan fingerprint density at radius 1 is 1.37 bits per heavy atom. The number of rotatable bonds is 9. The number of hydrogen-bond acceptors (Lipinski definition) is 4. The van der Waals surface area contributed by atoms with Gasteiger partial charge in [0.2, 0.25) is 10.0 Å². The summed E-state index contributed by atoms with van der Waals surface area (Å²) in [6.45, 7) is 8.14. The predicted molar refractivity (Wildman–Crippen MR) is 77.7 cm³/mol. The van der Waals surface area contributed by atoms with Crippen molar-refractivity contribution in [2.75, 3.05) is 45.1 Å². The molecule has 1 unspecified atom stereocenters. The van der Waals surface area contributed by atoms with Crippen LogP contribution in [0.3, 0.4) is 0 Å². The molecule has 5 nitrogen and oxygen atoms in total. The van der Waals surface area contributed by atoms with E-state index in [1.54, 1.807) is 4.31 Å². The van der Waals surface area contributed by atoms with Gasteiger partial charge in [0, 0.05) is 19.7 Å². The first-order valence-corrected chi connectivity index (χ1v) is 8.97. The van der Waals surface area contributed by atoms with Gasteiger partial charge in [0.25, 0.3) is 0 Å². The van der Waals surface area contributed by atoms with Crippen molar-refractivity contribution in [1.29, 1.82) is 0 Å². The van der Waals surface area contributed by atoms with Gasteiger partial charge in [-0.2, -0.15) is 0 Å². The molecule has 0 bridgehead atoms. The van der Waals surface area contributed by atoms with Crippen molar-refractivity contribution in [2.45, 2.75) is 33.1 Å². The van der Waals surface area contributed by atoms with Crippen molar-refractivity contribution >= 4 is 10.0 Å². The predicted octanol–water partition coefficient (Wildman–Crippen LogP) is 1.06. The maximum Gasteiger partial charge on any atom is 0.216 e. The lowest BCUT2D eigenvalue weighted by Crippen LogP contribution is -2.44. The monoisotopic (exact) mass is 292 g/mol. The van der Waals surface area contributed by atoms with Gasteiger partial charge in [-0.1, -0.05) is 6.92 Å². The number of nitrogens with one attached hydrogen (secondary N) is 1. The van der Waals surface area contributed by atoms with Crippen LogP contribution < -0.4 is 5.32 Å². The molecule has 0 amide bonds. The highest BCUT2D eigenvalue weighted by Gasteiger charge is 2.28. The van der Waals surface area contributed by atoms with Crippen LogP contribution in [0.15, 0.2) is 0 Å².